The van der Waals surface area contributed by atoms with Crippen LogP contribution in [0, 0.1) is 5.92 Å². The van der Waals surface area contributed by atoms with Crippen molar-refractivity contribution in [2.45, 2.75) is 71.8 Å². The summed E-state index contributed by atoms with van der Waals surface area (Å²) in [7, 11) is 2.19. The largest absolute Gasteiger partial charge is 0.454 e. The first-order valence-electron chi connectivity index (χ1n) is 11.4. The van der Waals surface area contributed by atoms with Gasteiger partial charge in [-0.25, -0.2) is 0 Å². The highest BCUT2D eigenvalue weighted by Gasteiger charge is 2.19. The van der Waals surface area contributed by atoms with Crippen molar-refractivity contribution in [2.24, 2.45) is 5.92 Å². The Morgan fingerprint density at radius 2 is 1.62 bits per heavy atom. The van der Waals surface area contributed by atoms with Crippen molar-refractivity contribution >= 4 is 5.91 Å². The van der Waals surface area contributed by atoms with E-state index in [0.717, 1.165) is 82.6 Å². The molecule has 0 N–H and O–H groups in total. The molecule has 0 fully saturated rings. The molecule has 0 saturated carbocycles. The lowest BCUT2D eigenvalue weighted by molar-refractivity contribution is -0.131. The van der Waals surface area contributed by atoms with E-state index in [9.17, 15) is 4.79 Å². The van der Waals surface area contributed by atoms with Crippen LogP contribution in [0.2, 0.25) is 0 Å². The summed E-state index contributed by atoms with van der Waals surface area (Å²) in [5, 5.41) is 0. The Morgan fingerprint density at radius 1 is 0.966 bits per heavy atom. The molecular formula is C24H38N2O3. The molecule has 0 radical (unpaired) electrons. The van der Waals surface area contributed by atoms with Crippen molar-refractivity contribution in [2.75, 3.05) is 33.5 Å². The lowest BCUT2D eigenvalue weighted by atomic mass is 9.99. The average molecular weight is 403 g/mol. The van der Waals surface area contributed by atoms with E-state index < -0.39 is 0 Å². The molecule has 1 aromatic carbocycles. The summed E-state index contributed by atoms with van der Waals surface area (Å²) in [4.78, 5) is 17.2. The standard InChI is InChI=1S/C24H38N2O3/c1-19(2)10-11-24(27)26-13-6-4-5-9-20-15-22-23(29-18-28-22)16-21(20)17-25(3)12-7-8-14-26/h15-16,19H,4-14,17-18H2,1-3H3. The average Bonchev–Trinajstić information content (AvgIpc) is 3.14. The normalized spacial score (nSPS) is 19.1. The molecular weight excluding hydrogens is 364 g/mol. The van der Waals surface area contributed by atoms with Crippen molar-refractivity contribution in [3.05, 3.63) is 23.3 Å². The summed E-state index contributed by atoms with van der Waals surface area (Å²) < 4.78 is 11.2. The first-order chi connectivity index (χ1) is 14.0. The predicted molar refractivity (Wildman–Crippen MR) is 116 cm³/mol. The smallest absolute Gasteiger partial charge is 0.231 e. The number of carbonyl (C=O) groups excluding carboxylic acids is 1. The third-order valence-corrected chi connectivity index (χ3v) is 6.02. The fourth-order valence-electron chi connectivity index (χ4n) is 4.19. The second kappa shape index (κ2) is 10.9. The highest BCUT2D eigenvalue weighted by atomic mass is 16.7. The second-order valence-corrected chi connectivity index (χ2v) is 9.04. The molecule has 3 rings (SSSR count). The molecule has 0 bridgehead atoms. The Hall–Kier alpha value is -1.75. The van der Waals surface area contributed by atoms with Crippen LogP contribution in [0.3, 0.4) is 0 Å². The van der Waals surface area contributed by atoms with Crippen molar-refractivity contribution in [1.29, 1.82) is 0 Å². The molecule has 2 aliphatic heterocycles. The van der Waals surface area contributed by atoms with E-state index in [4.69, 9.17) is 9.47 Å². The number of benzene rings is 1. The number of nitrogens with zero attached hydrogens (tertiary/aromatic N) is 2. The van der Waals surface area contributed by atoms with Crippen molar-refractivity contribution in [1.82, 2.24) is 9.80 Å². The van der Waals surface area contributed by atoms with Crippen molar-refractivity contribution < 1.29 is 14.3 Å². The van der Waals surface area contributed by atoms with Crippen LogP contribution in [0.15, 0.2) is 12.1 Å². The van der Waals surface area contributed by atoms with Crippen molar-refractivity contribution in [3.8, 4) is 11.5 Å². The molecule has 1 amide bonds. The van der Waals surface area contributed by atoms with Gasteiger partial charge in [0.2, 0.25) is 12.7 Å². The van der Waals surface area contributed by atoms with Gasteiger partial charge in [0, 0.05) is 26.1 Å². The van der Waals surface area contributed by atoms with E-state index in [1.54, 1.807) is 0 Å². The summed E-state index contributed by atoms with van der Waals surface area (Å²) in [5.74, 6) is 2.70. The van der Waals surface area contributed by atoms with Crippen LogP contribution in [-0.4, -0.2) is 49.2 Å². The molecule has 2 aliphatic rings. The molecule has 0 aromatic heterocycles. The highest BCUT2D eigenvalue weighted by Crippen LogP contribution is 2.36. The second-order valence-electron chi connectivity index (χ2n) is 9.04. The van der Waals surface area contributed by atoms with Gasteiger partial charge in [0.25, 0.3) is 0 Å². The first-order valence-corrected chi connectivity index (χ1v) is 11.4. The minimum Gasteiger partial charge on any atom is -0.454 e. The summed E-state index contributed by atoms with van der Waals surface area (Å²) in [6.07, 6.45) is 8.32. The number of hydrogen-bond acceptors (Lipinski definition) is 4. The number of rotatable bonds is 3. The van der Waals surface area contributed by atoms with Crippen LogP contribution in [0.5, 0.6) is 11.5 Å². The summed E-state index contributed by atoms with van der Waals surface area (Å²) in [6, 6.07) is 4.36. The van der Waals surface area contributed by atoms with Gasteiger partial charge in [-0.2, -0.15) is 0 Å². The summed E-state index contributed by atoms with van der Waals surface area (Å²) in [6.45, 7) is 8.49. The SMILES string of the molecule is CC(C)CCC(=O)N1CCCCCc2cc3c(cc2CN(C)CCCC1)OCO3. The molecule has 0 saturated heterocycles. The number of aryl methyl sites for hydroxylation is 1. The van der Waals surface area contributed by atoms with Gasteiger partial charge in [-0.15, -0.1) is 0 Å². The number of amides is 1. The maximum atomic E-state index is 12.7. The molecule has 5 nitrogen and oxygen atoms in total. The number of carbonyl (C=O) groups is 1. The molecule has 2 heterocycles. The zero-order valence-electron chi connectivity index (χ0n) is 18.5. The van der Waals surface area contributed by atoms with Crippen molar-refractivity contribution in [3.63, 3.8) is 0 Å². The molecule has 1 aromatic rings. The lowest BCUT2D eigenvalue weighted by Crippen LogP contribution is -2.33. The fraction of sp³-hybridized carbons (Fsp3) is 0.708. The molecule has 0 unspecified atom stereocenters. The van der Waals surface area contributed by atoms with Crippen LogP contribution >= 0.6 is 0 Å². The topological polar surface area (TPSA) is 42.0 Å². The van der Waals surface area contributed by atoms with Gasteiger partial charge in [-0.3, -0.25) is 4.79 Å². The van der Waals surface area contributed by atoms with E-state index >= 15 is 0 Å². The van der Waals surface area contributed by atoms with E-state index in [-0.39, 0.29) is 0 Å². The number of hydrogen-bond donors (Lipinski definition) is 0. The zero-order chi connectivity index (χ0) is 20.6. The highest BCUT2D eigenvalue weighted by molar-refractivity contribution is 5.76. The van der Waals surface area contributed by atoms with Gasteiger partial charge in [-0.1, -0.05) is 20.3 Å². The third kappa shape index (κ3) is 6.63. The Kier molecular flexibility index (Phi) is 8.22. The monoisotopic (exact) mass is 402 g/mol. The van der Waals surface area contributed by atoms with Gasteiger partial charge >= 0.3 is 0 Å². The Labute approximate surface area is 176 Å². The molecule has 5 heteroatoms. The van der Waals surface area contributed by atoms with E-state index in [1.165, 1.54) is 11.1 Å². The van der Waals surface area contributed by atoms with E-state index in [0.29, 0.717) is 25.0 Å². The van der Waals surface area contributed by atoms with Gasteiger partial charge < -0.3 is 19.3 Å². The maximum Gasteiger partial charge on any atom is 0.231 e. The van der Waals surface area contributed by atoms with Gasteiger partial charge in [0.15, 0.2) is 11.5 Å². The zero-order valence-corrected chi connectivity index (χ0v) is 18.5. The van der Waals surface area contributed by atoms with Crippen LogP contribution in [0.4, 0.5) is 0 Å². The Bertz CT molecular complexity index is 674. The van der Waals surface area contributed by atoms with E-state index in [1.807, 2.05) is 0 Å². The third-order valence-electron chi connectivity index (χ3n) is 6.02. The lowest BCUT2D eigenvalue weighted by Gasteiger charge is -2.25. The summed E-state index contributed by atoms with van der Waals surface area (Å²) in [5.41, 5.74) is 2.74. The maximum absolute atomic E-state index is 12.7. The van der Waals surface area contributed by atoms with Gasteiger partial charge in [-0.05, 0) is 81.3 Å². The molecule has 162 valence electrons. The molecule has 29 heavy (non-hydrogen) atoms. The van der Waals surface area contributed by atoms with E-state index in [2.05, 4.69) is 42.8 Å². The first kappa shape index (κ1) is 21.9. The quantitative estimate of drug-likeness (QED) is 0.740. The fourth-order valence-corrected chi connectivity index (χ4v) is 4.19. The summed E-state index contributed by atoms with van der Waals surface area (Å²) >= 11 is 0. The van der Waals surface area contributed by atoms with Crippen LogP contribution in [0.1, 0.15) is 69.9 Å². The van der Waals surface area contributed by atoms with Crippen LogP contribution in [0.25, 0.3) is 0 Å². The van der Waals surface area contributed by atoms with Crippen LogP contribution in [-0.2, 0) is 17.8 Å². The molecule has 0 aliphatic carbocycles. The minimum absolute atomic E-state index is 0.328. The molecule has 0 spiro atoms. The minimum atomic E-state index is 0.328. The predicted octanol–water partition coefficient (Wildman–Crippen LogP) is 4.62. The number of ether oxygens (including phenoxy) is 2. The number of fused-ring (bicyclic) bond motifs is 2. The Morgan fingerprint density at radius 3 is 2.34 bits per heavy atom. The Balaban J connectivity index is 1.63. The van der Waals surface area contributed by atoms with Gasteiger partial charge in [0.05, 0.1) is 0 Å². The van der Waals surface area contributed by atoms with Crippen LogP contribution < -0.4 is 9.47 Å². The van der Waals surface area contributed by atoms with Gasteiger partial charge in [0.1, 0.15) is 0 Å². The molecule has 0 atom stereocenters.